The Kier molecular flexibility index (Phi) is 3.27. The second-order valence-electron chi connectivity index (χ2n) is 4.71. The number of imide groups is 1. The van der Waals surface area contributed by atoms with Crippen LogP contribution in [0.3, 0.4) is 0 Å². The summed E-state index contributed by atoms with van der Waals surface area (Å²) >= 11 is 6.74. The summed E-state index contributed by atoms with van der Waals surface area (Å²) in [5.41, 5.74) is 2.16. The van der Waals surface area contributed by atoms with Gasteiger partial charge in [0.05, 0.1) is 5.02 Å². The minimum absolute atomic E-state index is 0.0309. The van der Waals surface area contributed by atoms with Crippen LogP contribution in [0.5, 0.6) is 0 Å². The topological polar surface area (TPSA) is 46.2 Å². The van der Waals surface area contributed by atoms with Crippen molar-refractivity contribution in [2.45, 2.75) is 30.9 Å². The first-order valence-electron chi connectivity index (χ1n) is 6.09. The number of halogens is 2. The third-order valence-corrected chi connectivity index (χ3v) is 4.81. The molecule has 3 nitrogen and oxygen atoms in total. The van der Waals surface area contributed by atoms with E-state index in [1.165, 1.54) is 0 Å². The van der Waals surface area contributed by atoms with Crippen molar-refractivity contribution in [1.29, 1.82) is 0 Å². The number of carbonyl (C=O) groups excluding carboxylic acids is 2. The van der Waals surface area contributed by atoms with E-state index in [0.717, 1.165) is 48.6 Å². The van der Waals surface area contributed by atoms with Gasteiger partial charge in [0.25, 0.3) is 5.24 Å². The number of rotatable bonds is 1. The molecule has 1 aliphatic carbocycles. The van der Waals surface area contributed by atoms with Crippen LogP contribution in [0.2, 0.25) is 5.02 Å². The van der Waals surface area contributed by atoms with E-state index in [1.54, 1.807) is 6.07 Å². The van der Waals surface area contributed by atoms with Gasteiger partial charge >= 0.3 is 0 Å². The number of amides is 2. The Bertz CT molecular complexity index is 590. The first-order chi connectivity index (χ1) is 9.08. The predicted molar refractivity (Wildman–Crippen MR) is 71.9 cm³/mol. The van der Waals surface area contributed by atoms with Crippen molar-refractivity contribution in [2.75, 3.05) is 0 Å². The molecule has 1 atom stereocenters. The van der Waals surface area contributed by atoms with Gasteiger partial charge in [-0.25, -0.2) is 4.39 Å². The summed E-state index contributed by atoms with van der Waals surface area (Å²) in [5.74, 6) is -1.02. The maximum absolute atomic E-state index is 14.3. The molecule has 0 radical (unpaired) electrons. The molecule has 1 N–H and O–H groups in total. The van der Waals surface area contributed by atoms with Gasteiger partial charge in [-0.05, 0) is 54.6 Å². The number of carbonyl (C=O) groups is 2. The third kappa shape index (κ3) is 2.15. The molecule has 6 heteroatoms. The Morgan fingerprint density at radius 3 is 2.74 bits per heavy atom. The van der Waals surface area contributed by atoms with Gasteiger partial charge in [-0.2, -0.15) is 0 Å². The highest BCUT2D eigenvalue weighted by Crippen LogP contribution is 2.42. The third-order valence-electron chi connectivity index (χ3n) is 3.53. The van der Waals surface area contributed by atoms with E-state index >= 15 is 0 Å². The van der Waals surface area contributed by atoms with E-state index in [4.69, 9.17) is 11.6 Å². The molecule has 0 bridgehead atoms. The zero-order valence-electron chi connectivity index (χ0n) is 9.96. The predicted octanol–water partition coefficient (Wildman–Crippen LogP) is 3.38. The number of thioether (sulfide) groups is 1. The summed E-state index contributed by atoms with van der Waals surface area (Å²) in [7, 11) is 0. The van der Waals surface area contributed by atoms with E-state index in [9.17, 15) is 14.0 Å². The van der Waals surface area contributed by atoms with Gasteiger partial charge < -0.3 is 0 Å². The summed E-state index contributed by atoms with van der Waals surface area (Å²) < 4.78 is 14.3. The zero-order valence-corrected chi connectivity index (χ0v) is 11.5. The number of hydrogen-bond acceptors (Lipinski definition) is 3. The van der Waals surface area contributed by atoms with Crippen LogP contribution in [0.4, 0.5) is 9.18 Å². The van der Waals surface area contributed by atoms with Crippen LogP contribution in [0.15, 0.2) is 6.07 Å². The quantitative estimate of drug-likeness (QED) is 0.864. The number of aryl methyl sites for hydroxylation is 1. The summed E-state index contributed by atoms with van der Waals surface area (Å²) in [6.45, 7) is 0. The molecule has 0 saturated carbocycles. The van der Waals surface area contributed by atoms with Crippen LogP contribution in [-0.4, -0.2) is 11.1 Å². The summed E-state index contributed by atoms with van der Waals surface area (Å²) in [4.78, 5) is 23.0. The average Bonchev–Trinajstić information content (AvgIpc) is 2.70. The first kappa shape index (κ1) is 12.9. The molecule has 1 aromatic carbocycles. The van der Waals surface area contributed by atoms with Gasteiger partial charge in [0.15, 0.2) is 0 Å². The Hall–Kier alpha value is -1.07. The van der Waals surface area contributed by atoms with E-state index < -0.39 is 22.2 Å². The molecular weight excluding hydrogens is 289 g/mol. The number of fused-ring (bicyclic) bond motifs is 1. The Balaban J connectivity index is 2.16. The van der Waals surface area contributed by atoms with E-state index in [-0.39, 0.29) is 5.02 Å². The molecule has 3 rings (SSSR count). The van der Waals surface area contributed by atoms with Crippen molar-refractivity contribution in [2.24, 2.45) is 0 Å². The molecule has 1 fully saturated rings. The van der Waals surface area contributed by atoms with Gasteiger partial charge in [-0.15, -0.1) is 0 Å². The highest BCUT2D eigenvalue weighted by molar-refractivity contribution is 8.15. The smallest absolute Gasteiger partial charge is 0.286 e. The number of hydrogen-bond donors (Lipinski definition) is 1. The molecule has 2 amide bonds. The lowest BCUT2D eigenvalue weighted by Gasteiger charge is -2.22. The van der Waals surface area contributed by atoms with E-state index in [0.29, 0.717) is 5.56 Å². The highest BCUT2D eigenvalue weighted by atomic mass is 35.5. The lowest BCUT2D eigenvalue weighted by atomic mass is 9.86. The maximum atomic E-state index is 14.3. The van der Waals surface area contributed by atoms with Gasteiger partial charge in [-0.1, -0.05) is 11.6 Å². The second-order valence-corrected chi connectivity index (χ2v) is 6.19. The molecule has 100 valence electrons. The fourth-order valence-electron chi connectivity index (χ4n) is 2.69. The molecule has 2 aliphatic rings. The molecule has 19 heavy (non-hydrogen) atoms. The van der Waals surface area contributed by atoms with Crippen LogP contribution in [0, 0.1) is 5.82 Å². The number of nitrogens with one attached hydrogen (secondary N) is 1. The molecule has 0 aromatic heterocycles. The minimum Gasteiger partial charge on any atom is -0.286 e. The van der Waals surface area contributed by atoms with Crippen molar-refractivity contribution in [3.63, 3.8) is 0 Å². The van der Waals surface area contributed by atoms with E-state index in [2.05, 4.69) is 5.32 Å². The van der Waals surface area contributed by atoms with E-state index in [1.807, 2.05) is 0 Å². The second kappa shape index (κ2) is 4.80. The average molecular weight is 300 g/mol. The van der Waals surface area contributed by atoms with Gasteiger partial charge in [0.1, 0.15) is 11.1 Å². The number of benzene rings is 1. The highest BCUT2D eigenvalue weighted by Gasteiger charge is 2.37. The van der Waals surface area contributed by atoms with Crippen LogP contribution >= 0.6 is 23.4 Å². The SMILES string of the molecule is O=C1NC(=O)C(c2c(F)c(Cl)cc3c2CCCC3)S1. The lowest BCUT2D eigenvalue weighted by Crippen LogP contribution is -2.22. The molecule has 1 aromatic rings. The lowest BCUT2D eigenvalue weighted by molar-refractivity contribution is -0.119. The summed E-state index contributed by atoms with van der Waals surface area (Å²) in [6.07, 6.45) is 3.58. The molecule has 1 heterocycles. The van der Waals surface area contributed by atoms with Crippen molar-refractivity contribution in [1.82, 2.24) is 5.32 Å². The maximum Gasteiger partial charge on any atom is 0.286 e. The van der Waals surface area contributed by atoms with Gasteiger partial charge in [0.2, 0.25) is 5.91 Å². The zero-order chi connectivity index (χ0) is 13.6. The molecule has 1 unspecified atom stereocenters. The van der Waals surface area contributed by atoms with Crippen molar-refractivity contribution in [3.8, 4) is 0 Å². The van der Waals surface area contributed by atoms with Crippen molar-refractivity contribution < 1.29 is 14.0 Å². The minimum atomic E-state index is -0.807. The van der Waals surface area contributed by atoms with Crippen LogP contribution in [-0.2, 0) is 17.6 Å². The molecule has 0 spiro atoms. The monoisotopic (exact) mass is 299 g/mol. The summed E-state index contributed by atoms with van der Waals surface area (Å²) in [6, 6.07) is 1.65. The standard InChI is InChI=1S/C13H11ClFNO2S/c14-8-5-6-3-1-2-4-7(6)9(10(8)15)11-12(17)16-13(18)19-11/h5,11H,1-4H2,(H,16,17,18). The normalized spacial score (nSPS) is 22.3. The first-order valence-corrected chi connectivity index (χ1v) is 7.35. The fraction of sp³-hybridized carbons (Fsp3) is 0.385. The Morgan fingerprint density at radius 2 is 2.05 bits per heavy atom. The Labute approximate surface area is 118 Å². The van der Waals surface area contributed by atoms with Crippen LogP contribution in [0.25, 0.3) is 0 Å². The Morgan fingerprint density at radius 1 is 1.32 bits per heavy atom. The van der Waals surface area contributed by atoms with Gasteiger partial charge in [0, 0.05) is 5.56 Å². The summed E-state index contributed by atoms with van der Waals surface area (Å²) in [5, 5.41) is 0.986. The van der Waals surface area contributed by atoms with Crippen LogP contribution in [0.1, 0.15) is 34.8 Å². The molecule has 1 aliphatic heterocycles. The van der Waals surface area contributed by atoms with Gasteiger partial charge in [-0.3, -0.25) is 14.9 Å². The van der Waals surface area contributed by atoms with Crippen molar-refractivity contribution >= 4 is 34.5 Å². The molecule has 1 saturated heterocycles. The fourth-order valence-corrected chi connectivity index (χ4v) is 3.83. The van der Waals surface area contributed by atoms with Crippen molar-refractivity contribution in [3.05, 3.63) is 33.6 Å². The largest absolute Gasteiger partial charge is 0.286 e. The molecular formula is C13H11ClFNO2S. The van der Waals surface area contributed by atoms with Crippen LogP contribution < -0.4 is 5.32 Å².